The van der Waals surface area contributed by atoms with Gasteiger partial charge < -0.3 is 10.0 Å². The van der Waals surface area contributed by atoms with E-state index in [1.165, 1.54) is 0 Å². The molecule has 1 saturated carbocycles. The fourth-order valence-corrected chi connectivity index (χ4v) is 6.27. The van der Waals surface area contributed by atoms with Gasteiger partial charge in [0.05, 0.1) is 0 Å². The number of piperazine rings is 1. The molecule has 2 fully saturated rings. The number of aromatic nitrogens is 1. The summed E-state index contributed by atoms with van der Waals surface area (Å²) in [7, 11) is 0. The normalized spacial score (nSPS) is 29.4. The van der Waals surface area contributed by atoms with Crippen LogP contribution in [0.2, 0.25) is 5.02 Å². The Balaban J connectivity index is 1.54. The van der Waals surface area contributed by atoms with Crippen LogP contribution >= 0.6 is 11.6 Å². The first-order chi connectivity index (χ1) is 13.2. The average Bonchev–Trinajstić information content (AvgIpc) is 2.68. The molecule has 2 heterocycles. The molecule has 28 heavy (non-hydrogen) atoms. The van der Waals surface area contributed by atoms with Crippen LogP contribution < -0.4 is 4.90 Å². The predicted octanol–water partition coefficient (Wildman–Crippen LogP) is 4.18. The fraction of sp³-hybridized carbons (Fsp3) is 0.522. The Hall–Kier alpha value is -1.62. The minimum absolute atomic E-state index is 0.266. The molecule has 0 spiro atoms. The molecule has 1 aliphatic heterocycles. The van der Waals surface area contributed by atoms with Gasteiger partial charge in [-0.2, -0.15) is 0 Å². The molecule has 2 aromatic rings. The second-order valence-corrected chi connectivity index (χ2v) is 9.71. The van der Waals surface area contributed by atoms with E-state index in [-0.39, 0.29) is 10.8 Å². The molecule has 0 atom stereocenters. The summed E-state index contributed by atoms with van der Waals surface area (Å²) >= 11 is 6.08. The largest absolute Gasteiger partial charge is 0.384 e. The lowest BCUT2D eigenvalue weighted by Gasteiger charge is -2.72. The Morgan fingerprint density at radius 1 is 0.929 bits per heavy atom. The van der Waals surface area contributed by atoms with E-state index < -0.39 is 5.60 Å². The van der Waals surface area contributed by atoms with Crippen LogP contribution in [0, 0.1) is 10.8 Å². The Morgan fingerprint density at radius 2 is 1.54 bits per heavy atom. The van der Waals surface area contributed by atoms with Crippen molar-refractivity contribution in [3.63, 3.8) is 0 Å². The number of aliphatic hydroxyl groups is 1. The maximum atomic E-state index is 11.9. The molecule has 0 amide bonds. The molecule has 1 saturated heterocycles. The summed E-state index contributed by atoms with van der Waals surface area (Å²) in [6, 6.07) is 14.1. The summed E-state index contributed by atoms with van der Waals surface area (Å²) in [6.07, 6.45) is 1.85. The summed E-state index contributed by atoms with van der Waals surface area (Å²) in [5, 5.41) is 12.6. The van der Waals surface area contributed by atoms with Gasteiger partial charge >= 0.3 is 0 Å². The maximum Gasteiger partial charge on any atom is 0.128 e. The second-order valence-electron chi connectivity index (χ2n) is 9.27. The Morgan fingerprint density at radius 3 is 2.07 bits per heavy atom. The van der Waals surface area contributed by atoms with Gasteiger partial charge in [0.1, 0.15) is 11.4 Å². The first-order valence-electron chi connectivity index (χ1n) is 10.1. The molecule has 2 aliphatic rings. The second kappa shape index (κ2) is 6.72. The van der Waals surface area contributed by atoms with E-state index in [4.69, 9.17) is 11.6 Å². The van der Waals surface area contributed by atoms with Crippen LogP contribution in [0.4, 0.5) is 5.82 Å². The summed E-state index contributed by atoms with van der Waals surface area (Å²) in [6.45, 7) is 12.7. The average molecular weight is 400 g/mol. The monoisotopic (exact) mass is 399 g/mol. The molecular formula is C23H30ClN3O. The van der Waals surface area contributed by atoms with Gasteiger partial charge in [-0.25, -0.2) is 4.98 Å². The molecule has 1 aromatic heterocycles. The lowest BCUT2D eigenvalue weighted by Crippen LogP contribution is -2.79. The lowest BCUT2D eigenvalue weighted by molar-refractivity contribution is -0.307. The summed E-state index contributed by atoms with van der Waals surface area (Å²) in [5.41, 5.74) is -0.474. The highest BCUT2D eigenvalue weighted by atomic mass is 35.5. The molecule has 0 bridgehead atoms. The van der Waals surface area contributed by atoms with Crippen LogP contribution in [0.3, 0.4) is 0 Å². The summed E-state index contributed by atoms with van der Waals surface area (Å²) in [5.74, 6) is 1.05. The molecule has 5 heteroatoms. The number of anilines is 1. The predicted molar refractivity (Wildman–Crippen MR) is 115 cm³/mol. The molecule has 1 aromatic carbocycles. The Kier molecular flexibility index (Phi) is 4.72. The Bertz CT molecular complexity index is 811. The van der Waals surface area contributed by atoms with Gasteiger partial charge in [-0.05, 0) is 29.8 Å². The zero-order valence-corrected chi connectivity index (χ0v) is 17.9. The third-order valence-corrected chi connectivity index (χ3v) is 7.40. The SMILES string of the molecule is CC1(C)[C@H](N2CCN(c3ccccn3)CC2)C(C)(C)[C@@]1(O)c1ccc(Cl)cc1. The van der Waals surface area contributed by atoms with E-state index in [0.717, 1.165) is 37.6 Å². The van der Waals surface area contributed by atoms with Crippen molar-refractivity contribution < 1.29 is 5.11 Å². The fourth-order valence-electron chi connectivity index (χ4n) is 6.15. The van der Waals surface area contributed by atoms with Crippen LogP contribution in [0.25, 0.3) is 0 Å². The molecule has 1 N–H and O–H groups in total. The van der Waals surface area contributed by atoms with Crippen molar-refractivity contribution in [2.24, 2.45) is 10.8 Å². The quantitative estimate of drug-likeness (QED) is 0.840. The highest BCUT2D eigenvalue weighted by Crippen LogP contribution is 2.68. The van der Waals surface area contributed by atoms with Crippen LogP contribution in [-0.4, -0.2) is 47.2 Å². The van der Waals surface area contributed by atoms with E-state index in [0.29, 0.717) is 11.1 Å². The molecule has 0 unspecified atom stereocenters. The lowest BCUT2D eigenvalue weighted by atomic mass is 9.39. The number of benzene rings is 1. The minimum atomic E-state index is -0.895. The zero-order valence-electron chi connectivity index (χ0n) is 17.2. The van der Waals surface area contributed by atoms with E-state index in [9.17, 15) is 5.11 Å². The maximum absolute atomic E-state index is 11.9. The number of rotatable bonds is 3. The molecule has 4 nitrogen and oxygen atoms in total. The van der Waals surface area contributed by atoms with E-state index >= 15 is 0 Å². The minimum Gasteiger partial charge on any atom is -0.384 e. The van der Waals surface area contributed by atoms with Crippen molar-refractivity contribution in [1.29, 1.82) is 0 Å². The van der Waals surface area contributed by atoms with Crippen LogP contribution in [0.5, 0.6) is 0 Å². The molecule has 1 aliphatic carbocycles. The van der Waals surface area contributed by atoms with Gasteiger partial charge in [-0.1, -0.05) is 57.5 Å². The summed E-state index contributed by atoms with van der Waals surface area (Å²) < 4.78 is 0. The topological polar surface area (TPSA) is 39.6 Å². The molecule has 4 rings (SSSR count). The standard InChI is InChI=1S/C23H30ClN3O/c1-21(2)20(22(3,4)23(21,28)17-8-10-18(24)11-9-17)27-15-13-26(14-16-27)19-7-5-6-12-25-19/h5-12,20,28H,13-16H2,1-4H3/t20-,23+. The van der Waals surface area contributed by atoms with Gasteiger partial charge in [-0.15, -0.1) is 0 Å². The molecular weight excluding hydrogens is 370 g/mol. The van der Waals surface area contributed by atoms with Crippen molar-refractivity contribution >= 4 is 17.4 Å². The van der Waals surface area contributed by atoms with Crippen molar-refractivity contribution in [1.82, 2.24) is 9.88 Å². The highest BCUT2D eigenvalue weighted by Gasteiger charge is 2.73. The van der Waals surface area contributed by atoms with E-state index in [1.807, 2.05) is 42.6 Å². The van der Waals surface area contributed by atoms with E-state index in [1.54, 1.807) is 0 Å². The number of nitrogens with zero attached hydrogens (tertiary/aromatic N) is 3. The third kappa shape index (κ3) is 2.69. The number of halogens is 1. The van der Waals surface area contributed by atoms with Crippen molar-refractivity contribution in [2.45, 2.75) is 39.3 Å². The van der Waals surface area contributed by atoms with Gasteiger partial charge in [-0.3, -0.25) is 4.90 Å². The highest BCUT2D eigenvalue weighted by molar-refractivity contribution is 6.30. The van der Waals surface area contributed by atoms with Gasteiger partial charge in [0.25, 0.3) is 0 Å². The Labute approximate surface area is 173 Å². The number of hydrogen-bond donors (Lipinski definition) is 1. The third-order valence-electron chi connectivity index (χ3n) is 7.15. The van der Waals surface area contributed by atoms with Crippen molar-refractivity contribution in [2.75, 3.05) is 31.1 Å². The van der Waals surface area contributed by atoms with Gasteiger partial charge in [0.2, 0.25) is 0 Å². The summed E-state index contributed by atoms with van der Waals surface area (Å²) in [4.78, 5) is 9.40. The van der Waals surface area contributed by atoms with Crippen LogP contribution in [-0.2, 0) is 5.60 Å². The van der Waals surface area contributed by atoms with Crippen LogP contribution in [0.1, 0.15) is 33.3 Å². The van der Waals surface area contributed by atoms with E-state index in [2.05, 4.69) is 48.5 Å². The first-order valence-corrected chi connectivity index (χ1v) is 10.5. The van der Waals surface area contributed by atoms with Crippen LogP contribution in [0.15, 0.2) is 48.7 Å². The number of hydrogen-bond acceptors (Lipinski definition) is 4. The zero-order chi connectivity index (χ0) is 20.2. The molecule has 150 valence electrons. The molecule has 0 radical (unpaired) electrons. The number of pyridine rings is 1. The smallest absolute Gasteiger partial charge is 0.128 e. The first kappa shape index (κ1) is 19.7. The van der Waals surface area contributed by atoms with Crippen molar-refractivity contribution in [3.8, 4) is 0 Å². The van der Waals surface area contributed by atoms with Gasteiger partial charge in [0, 0.05) is 54.3 Å². The van der Waals surface area contributed by atoms with Crippen molar-refractivity contribution in [3.05, 3.63) is 59.2 Å². The van der Waals surface area contributed by atoms with Gasteiger partial charge in [0.15, 0.2) is 0 Å².